The SMILES string of the molecule is N[C@@H](CC1CCC2CCCCC2C1)C(=O)OCc1ccccc1. The Bertz CT molecular complexity index is 502. The van der Waals surface area contributed by atoms with E-state index in [1.165, 1.54) is 44.9 Å². The van der Waals surface area contributed by atoms with Crippen molar-refractivity contribution in [2.75, 3.05) is 0 Å². The Morgan fingerprint density at radius 3 is 2.61 bits per heavy atom. The standard InChI is InChI=1S/C20H29NO2/c21-19(20(22)23-14-15-6-2-1-3-7-15)13-16-10-11-17-8-4-5-9-18(17)12-16/h1-3,6-7,16-19H,4-5,8-14,21H2/t16?,17?,18?,19-/m0/s1. The molecule has 0 aromatic heterocycles. The Balaban J connectivity index is 1.43. The summed E-state index contributed by atoms with van der Waals surface area (Å²) in [5.74, 6) is 2.18. The maximum Gasteiger partial charge on any atom is 0.323 e. The van der Waals surface area contributed by atoms with Gasteiger partial charge >= 0.3 is 5.97 Å². The van der Waals surface area contributed by atoms with Gasteiger partial charge in [0.2, 0.25) is 0 Å². The molecular formula is C20H29NO2. The van der Waals surface area contributed by atoms with Crippen molar-refractivity contribution < 1.29 is 9.53 Å². The molecule has 3 rings (SSSR count). The lowest BCUT2D eigenvalue weighted by molar-refractivity contribution is -0.147. The van der Waals surface area contributed by atoms with Gasteiger partial charge in [-0.2, -0.15) is 0 Å². The fourth-order valence-corrected chi connectivity index (χ4v) is 4.48. The summed E-state index contributed by atoms with van der Waals surface area (Å²) in [5, 5.41) is 0. The summed E-state index contributed by atoms with van der Waals surface area (Å²) in [6, 6.07) is 9.31. The predicted molar refractivity (Wildman–Crippen MR) is 91.6 cm³/mol. The molecule has 23 heavy (non-hydrogen) atoms. The summed E-state index contributed by atoms with van der Waals surface area (Å²) in [7, 11) is 0. The van der Waals surface area contributed by atoms with Crippen LogP contribution >= 0.6 is 0 Å². The molecule has 4 atom stereocenters. The first-order chi connectivity index (χ1) is 11.2. The number of hydrogen-bond acceptors (Lipinski definition) is 3. The van der Waals surface area contributed by atoms with Crippen LogP contribution < -0.4 is 5.73 Å². The van der Waals surface area contributed by atoms with Gasteiger partial charge in [0.05, 0.1) is 0 Å². The molecule has 0 aliphatic heterocycles. The highest BCUT2D eigenvalue weighted by Gasteiger charge is 2.33. The molecule has 0 radical (unpaired) electrons. The molecule has 126 valence electrons. The van der Waals surface area contributed by atoms with E-state index in [1.54, 1.807) is 0 Å². The van der Waals surface area contributed by atoms with Gasteiger partial charge in [0.1, 0.15) is 12.6 Å². The highest BCUT2D eigenvalue weighted by Crippen LogP contribution is 2.43. The molecule has 3 heteroatoms. The first kappa shape index (κ1) is 16.5. The number of esters is 1. The topological polar surface area (TPSA) is 52.3 Å². The van der Waals surface area contributed by atoms with Crippen molar-refractivity contribution in [3.8, 4) is 0 Å². The van der Waals surface area contributed by atoms with E-state index in [0.717, 1.165) is 23.8 Å². The molecule has 3 unspecified atom stereocenters. The average Bonchev–Trinajstić information content (AvgIpc) is 2.60. The lowest BCUT2D eigenvalue weighted by Gasteiger charge is -2.39. The van der Waals surface area contributed by atoms with E-state index < -0.39 is 6.04 Å². The normalized spacial score (nSPS) is 28.7. The molecule has 1 aromatic carbocycles. The number of hydrogen-bond donors (Lipinski definition) is 1. The minimum absolute atomic E-state index is 0.250. The number of nitrogens with two attached hydrogens (primary N) is 1. The summed E-state index contributed by atoms with van der Waals surface area (Å²) in [6.07, 6.45) is 10.2. The molecule has 0 bridgehead atoms. The van der Waals surface area contributed by atoms with Crippen LogP contribution in [0.25, 0.3) is 0 Å². The summed E-state index contributed by atoms with van der Waals surface area (Å²) in [6.45, 7) is 0.322. The Hall–Kier alpha value is -1.35. The van der Waals surface area contributed by atoms with Gasteiger partial charge in [0.15, 0.2) is 0 Å². The van der Waals surface area contributed by atoms with Crippen molar-refractivity contribution in [3.05, 3.63) is 35.9 Å². The van der Waals surface area contributed by atoms with Crippen molar-refractivity contribution in [2.24, 2.45) is 23.5 Å². The van der Waals surface area contributed by atoms with Crippen molar-refractivity contribution in [1.29, 1.82) is 0 Å². The average molecular weight is 315 g/mol. The van der Waals surface area contributed by atoms with Crippen molar-refractivity contribution in [1.82, 2.24) is 0 Å². The Morgan fingerprint density at radius 2 is 1.83 bits per heavy atom. The molecule has 2 fully saturated rings. The van der Waals surface area contributed by atoms with Crippen LogP contribution in [0.4, 0.5) is 0 Å². The van der Waals surface area contributed by atoms with Crippen molar-refractivity contribution in [2.45, 2.75) is 64.0 Å². The van der Waals surface area contributed by atoms with Gasteiger partial charge in [0.25, 0.3) is 0 Å². The predicted octanol–water partition coefficient (Wildman–Crippen LogP) is 4.05. The molecule has 0 spiro atoms. The lowest BCUT2D eigenvalue weighted by Crippen LogP contribution is -2.37. The van der Waals surface area contributed by atoms with E-state index in [4.69, 9.17) is 10.5 Å². The number of carbonyl (C=O) groups is 1. The van der Waals surface area contributed by atoms with E-state index in [9.17, 15) is 4.79 Å². The van der Waals surface area contributed by atoms with E-state index >= 15 is 0 Å². The smallest absolute Gasteiger partial charge is 0.323 e. The van der Waals surface area contributed by atoms with Crippen LogP contribution in [0.1, 0.15) is 56.9 Å². The minimum Gasteiger partial charge on any atom is -0.460 e. The van der Waals surface area contributed by atoms with E-state index in [0.29, 0.717) is 12.5 Å². The third-order valence-corrected chi connectivity index (χ3v) is 5.76. The molecule has 0 saturated heterocycles. The van der Waals surface area contributed by atoms with Crippen LogP contribution in [-0.4, -0.2) is 12.0 Å². The van der Waals surface area contributed by atoms with Crippen molar-refractivity contribution in [3.63, 3.8) is 0 Å². The lowest BCUT2D eigenvalue weighted by atomic mass is 9.66. The second-order valence-electron chi connectivity index (χ2n) is 7.42. The number of fused-ring (bicyclic) bond motifs is 1. The Labute approximate surface area is 139 Å². The van der Waals surface area contributed by atoms with Gasteiger partial charge in [-0.05, 0) is 42.6 Å². The van der Waals surface area contributed by atoms with Gasteiger partial charge in [-0.25, -0.2) is 0 Å². The van der Waals surface area contributed by atoms with Crippen LogP contribution in [0.15, 0.2) is 30.3 Å². The molecule has 1 aromatic rings. The summed E-state index contributed by atoms with van der Waals surface area (Å²) >= 11 is 0. The highest BCUT2D eigenvalue weighted by molar-refractivity contribution is 5.75. The summed E-state index contributed by atoms with van der Waals surface area (Å²) in [5.41, 5.74) is 7.12. The van der Waals surface area contributed by atoms with Gasteiger partial charge in [-0.15, -0.1) is 0 Å². The van der Waals surface area contributed by atoms with Crippen LogP contribution in [0.3, 0.4) is 0 Å². The Morgan fingerprint density at radius 1 is 1.09 bits per heavy atom. The highest BCUT2D eigenvalue weighted by atomic mass is 16.5. The van der Waals surface area contributed by atoms with Gasteiger partial charge < -0.3 is 10.5 Å². The molecule has 0 amide bonds. The first-order valence-corrected chi connectivity index (χ1v) is 9.18. The molecule has 2 saturated carbocycles. The number of carbonyl (C=O) groups excluding carboxylic acids is 1. The quantitative estimate of drug-likeness (QED) is 0.834. The van der Waals surface area contributed by atoms with E-state index in [-0.39, 0.29) is 5.97 Å². The third-order valence-electron chi connectivity index (χ3n) is 5.76. The molecular weight excluding hydrogens is 286 g/mol. The zero-order valence-electron chi connectivity index (χ0n) is 14.0. The van der Waals surface area contributed by atoms with Crippen LogP contribution in [0, 0.1) is 17.8 Å². The first-order valence-electron chi connectivity index (χ1n) is 9.18. The summed E-state index contributed by atoms with van der Waals surface area (Å²) in [4.78, 5) is 12.1. The van der Waals surface area contributed by atoms with E-state index in [1.807, 2.05) is 30.3 Å². The maximum absolute atomic E-state index is 12.1. The molecule has 2 aliphatic rings. The monoisotopic (exact) mass is 315 g/mol. The maximum atomic E-state index is 12.1. The molecule has 3 nitrogen and oxygen atoms in total. The molecule has 2 aliphatic carbocycles. The zero-order valence-corrected chi connectivity index (χ0v) is 14.0. The van der Waals surface area contributed by atoms with E-state index in [2.05, 4.69) is 0 Å². The van der Waals surface area contributed by atoms with Crippen LogP contribution in [-0.2, 0) is 16.1 Å². The van der Waals surface area contributed by atoms with Crippen LogP contribution in [0.2, 0.25) is 0 Å². The Kier molecular flexibility index (Phi) is 5.71. The van der Waals surface area contributed by atoms with Crippen molar-refractivity contribution >= 4 is 5.97 Å². The van der Waals surface area contributed by atoms with Gasteiger partial charge in [0, 0.05) is 0 Å². The zero-order chi connectivity index (χ0) is 16.1. The fraction of sp³-hybridized carbons (Fsp3) is 0.650. The second kappa shape index (κ2) is 7.96. The third kappa shape index (κ3) is 4.57. The van der Waals surface area contributed by atoms with Gasteiger partial charge in [-0.1, -0.05) is 62.4 Å². The summed E-state index contributed by atoms with van der Waals surface area (Å²) < 4.78 is 5.37. The van der Waals surface area contributed by atoms with Gasteiger partial charge in [-0.3, -0.25) is 4.79 Å². The molecule has 2 N–H and O–H groups in total. The molecule has 0 heterocycles. The van der Waals surface area contributed by atoms with Crippen LogP contribution in [0.5, 0.6) is 0 Å². The number of benzene rings is 1. The number of rotatable bonds is 5. The second-order valence-corrected chi connectivity index (χ2v) is 7.42. The number of ether oxygens (including phenoxy) is 1. The fourth-order valence-electron chi connectivity index (χ4n) is 4.48. The largest absolute Gasteiger partial charge is 0.460 e. The minimum atomic E-state index is -0.469.